The molecule has 1 heterocycles. The minimum Gasteiger partial charge on any atom is -0.488 e. The molecule has 6 nitrogen and oxygen atoms in total. The van der Waals surface area contributed by atoms with Gasteiger partial charge in [0.05, 0.1) is 5.02 Å². The van der Waals surface area contributed by atoms with Crippen molar-refractivity contribution in [1.82, 2.24) is 0 Å². The predicted molar refractivity (Wildman–Crippen MR) is 96.8 cm³/mol. The van der Waals surface area contributed by atoms with Crippen LogP contribution in [-0.2, 0) is 20.7 Å². The first-order valence-corrected chi connectivity index (χ1v) is 8.58. The zero-order chi connectivity index (χ0) is 18.4. The summed E-state index contributed by atoms with van der Waals surface area (Å²) in [7, 11) is 0. The molecule has 0 aliphatic carbocycles. The molecule has 0 unspecified atom stereocenters. The van der Waals surface area contributed by atoms with E-state index < -0.39 is 5.97 Å². The van der Waals surface area contributed by atoms with E-state index in [-0.39, 0.29) is 25.7 Å². The van der Waals surface area contributed by atoms with Crippen molar-refractivity contribution in [1.29, 1.82) is 0 Å². The van der Waals surface area contributed by atoms with E-state index in [1.807, 2.05) is 12.1 Å². The molecule has 0 saturated carbocycles. The molecule has 2 aromatic carbocycles. The predicted octanol–water partition coefficient (Wildman–Crippen LogP) is 3.23. The number of amides is 1. The summed E-state index contributed by atoms with van der Waals surface area (Å²) in [6.07, 6.45) is 1.10. The van der Waals surface area contributed by atoms with Gasteiger partial charge < -0.3 is 19.5 Å². The molecule has 3 rings (SSSR count). The number of hydrogen-bond donors (Lipinski definition) is 1. The summed E-state index contributed by atoms with van der Waals surface area (Å²) in [4.78, 5) is 23.1. The summed E-state index contributed by atoms with van der Waals surface area (Å²) in [6, 6.07) is 12.4. The van der Waals surface area contributed by atoms with Crippen LogP contribution in [0.5, 0.6) is 11.5 Å². The molecular weight excluding hydrogens is 358 g/mol. The van der Waals surface area contributed by atoms with Gasteiger partial charge >= 0.3 is 5.97 Å². The molecule has 0 atom stereocenters. The van der Waals surface area contributed by atoms with E-state index in [1.54, 1.807) is 30.3 Å². The summed E-state index contributed by atoms with van der Waals surface area (Å²) in [5.41, 5.74) is 1.77. The van der Waals surface area contributed by atoms with E-state index in [9.17, 15) is 9.59 Å². The van der Waals surface area contributed by atoms with Gasteiger partial charge in [0.2, 0.25) is 5.91 Å². The highest BCUT2D eigenvalue weighted by molar-refractivity contribution is 6.32. The fraction of sp³-hybridized carbons (Fsp3) is 0.263. The first kappa shape index (κ1) is 18.1. The Hall–Kier alpha value is -2.73. The number of anilines is 1. The van der Waals surface area contributed by atoms with Gasteiger partial charge in [-0.15, -0.1) is 0 Å². The Kier molecular flexibility index (Phi) is 5.96. The number of esters is 1. The number of carbonyl (C=O) groups is 2. The lowest BCUT2D eigenvalue weighted by Crippen LogP contribution is -2.20. The lowest BCUT2D eigenvalue weighted by Gasteiger charge is -2.17. The number of fused-ring (bicyclic) bond motifs is 1. The first-order valence-electron chi connectivity index (χ1n) is 8.20. The van der Waals surface area contributed by atoms with Gasteiger partial charge in [-0.25, -0.2) is 4.79 Å². The number of nitrogens with one attached hydrogen (secondary N) is 1. The fourth-order valence-corrected chi connectivity index (χ4v) is 2.69. The average molecular weight is 376 g/mol. The number of carbonyl (C=O) groups excluding carboxylic acids is 2. The molecule has 136 valence electrons. The summed E-state index contributed by atoms with van der Waals surface area (Å²) in [6.45, 7) is 0.106. The van der Waals surface area contributed by atoms with E-state index in [0.717, 1.165) is 11.3 Å². The quantitative estimate of drug-likeness (QED) is 0.594. The highest BCUT2D eigenvalue weighted by Crippen LogP contribution is 2.26. The zero-order valence-electron chi connectivity index (χ0n) is 14.0. The lowest BCUT2D eigenvalue weighted by molar-refractivity contribution is -0.146. The van der Waals surface area contributed by atoms with Crippen molar-refractivity contribution in [2.75, 3.05) is 25.1 Å². The topological polar surface area (TPSA) is 73.9 Å². The van der Waals surface area contributed by atoms with Crippen molar-refractivity contribution >= 4 is 29.2 Å². The molecule has 0 radical (unpaired) electrons. The Labute approximate surface area is 156 Å². The Morgan fingerprint density at radius 3 is 2.77 bits per heavy atom. The van der Waals surface area contributed by atoms with E-state index in [0.29, 0.717) is 29.4 Å². The van der Waals surface area contributed by atoms with Crippen LogP contribution < -0.4 is 14.8 Å². The maximum Gasteiger partial charge on any atom is 0.344 e. The minimum absolute atomic E-state index is 0.00811. The second-order valence-corrected chi connectivity index (χ2v) is 6.06. The third-order valence-electron chi connectivity index (χ3n) is 3.77. The van der Waals surface area contributed by atoms with Gasteiger partial charge in [-0.1, -0.05) is 23.7 Å². The van der Waals surface area contributed by atoms with Crippen LogP contribution in [-0.4, -0.2) is 31.7 Å². The molecule has 26 heavy (non-hydrogen) atoms. The van der Waals surface area contributed by atoms with Crippen molar-refractivity contribution in [3.05, 3.63) is 53.1 Å². The van der Waals surface area contributed by atoms with Crippen LogP contribution in [0, 0.1) is 0 Å². The number of benzene rings is 2. The molecule has 0 fully saturated rings. The summed E-state index contributed by atoms with van der Waals surface area (Å²) >= 11 is 5.97. The maximum atomic E-state index is 11.7. The number of rotatable bonds is 7. The molecule has 0 saturated heterocycles. The van der Waals surface area contributed by atoms with Crippen LogP contribution in [0.4, 0.5) is 5.69 Å². The monoisotopic (exact) mass is 375 g/mol. The summed E-state index contributed by atoms with van der Waals surface area (Å²) in [5.74, 6) is 0.624. The van der Waals surface area contributed by atoms with Crippen molar-refractivity contribution < 1.29 is 23.8 Å². The van der Waals surface area contributed by atoms with Gasteiger partial charge in [-0.3, -0.25) is 4.79 Å². The molecule has 1 N–H and O–H groups in total. The zero-order valence-corrected chi connectivity index (χ0v) is 14.8. The van der Waals surface area contributed by atoms with Crippen LogP contribution in [0.1, 0.15) is 12.0 Å². The standard InChI is InChI=1S/C19H18ClNO5/c20-15-3-1-2-4-17(15)24-9-10-25-19(23)12-26-14-6-7-16-13(11-14)5-8-18(22)21-16/h1-4,6-7,11H,5,8-10,12H2,(H,21,22). The Morgan fingerprint density at radius 1 is 1.08 bits per heavy atom. The summed E-state index contributed by atoms with van der Waals surface area (Å²) < 4.78 is 15.9. The second-order valence-electron chi connectivity index (χ2n) is 5.66. The minimum atomic E-state index is -0.487. The van der Waals surface area contributed by atoms with Crippen LogP contribution >= 0.6 is 11.6 Å². The molecule has 7 heteroatoms. The number of hydrogen-bond acceptors (Lipinski definition) is 5. The SMILES string of the molecule is O=C1CCc2cc(OCC(=O)OCCOc3ccccc3Cl)ccc2N1. The van der Waals surface area contributed by atoms with E-state index >= 15 is 0 Å². The van der Waals surface area contributed by atoms with Gasteiger partial charge in [-0.05, 0) is 42.3 Å². The molecule has 0 spiro atoms. The normalized spacial score (nSPS) is 12.7. The van der Waals surface area contributed by atoms with Crippen LogP contribution in [0.3, 0.4) is 0 Å². The van der Waals surface area contributed by atoms with Gasteiger partial charge in [-0.2, -0.15) is 0 Å². The smallest absolute Gasteiger partial charge is 0.344 e. The fourth-order valence-electron chi connectivity index (χ4n) is 2.50. The summed E-state index contributed by atoms with van der Waals surface area (Å²) in [5, 5.41) is 3.30. The molecule has 1 amide bonds. The highest BCUT2D eigenvalue weighted by atomic mass is 35.5. The van der Waals surface area contributed by atoms with Crippen molar-refractivity contribution in [3.63, 3.8) is 0 Å². The van der Waals surface area contributed by atoms with Crippen LogP contribution in [0.2, 0.25) is 5.02 Å². The van der Waals surface area contributed by atoms with Crippen molar-refractivity contribution in [2.24, 2.45) is 0 Å². The van der Waals surface area contributed by atoms with Crippen LogP contribution in [0.25, 0.3) is 0 Å². The van der Waals surface area contributed by atoms with Gasteiger partial charge in [0, 0.05) is 12.1 Å². The Balaban J connectivity index is 1.39. The van der Waals surface area contributed by atoms with Crippen LogP contribution in [0.15, 0.2) is 42.5 Å². The molecule has 1 aliphatic rings. The Bertz CT molecular complexity index is 808. The third kappa shape index (κ3) is 4.89. The van der Waals surface area contributed by atoms with Gasteiger partial charge in [0.15, 0.2) is 6.61 Å². The first-order chi connectivity index (χ1) is 12.6. The van der Waals surface area contributed by atoms with Crippen molar-refractivity contribution in [3.8, 4) is 11.5 Å². The van der Waals surface area contributed by atoms with Gasteiger partial charge in [0.25, 0.3) is 0 Å². The number of aryl methyl sites for hydroxylation is 1. The third-order valence-corrected chi connectivity index (χ3v) is 4.08. The molecular formula is C19H18ClNO5. The number of para-hydroxylation sites is 1. The maximum absolute atomic E-state index is 11.7. The number of ether oxygens (including phenoxy) is 3. The second kappa shape index (κ2) is 8.58. The molecule has 2 aromatic rings. The van der Waals surface area contributed by atoms with E-state index in [4.69, 9.17) is 25.8 Å². The lowest BCUT2D eigenvalue weighted by atomic mass is 10.0. The van der Waals surface area contributed by atoms with E-state index in [2.05, 4.69) is 5.32 Å². The number of halogens is 1. The van der Waals surface area contributed by atoms with E-state index in [1.165, 1.54) is 0 Å². The van der Waals surface area contributed by atoms with Crippen molar-refractivity contribution in [2.45, 2.75) is 12.8 Å². The largest absolute Gasteiger partial charge is 0.488 e. The molecule has 1 aliphatic heterocycles. The molecule has 0 aromatic heterocycles. The average Bonchev–Trinajstić information content (AvgIpc) is 2.65. The Morgan fingerprint density at radius 2 is 1.92 bits per heavy atom. The molecule has 0 bridgehead atoms. The highest BCUT2D eigenvalue weighted by Gasteiger charge is 2.15. The van der Waals surface area contributed by atoms with Gasteiger partial charge in [0.1, 0.15) is 24.7 Å².